The van der Waals surface area contributed by atoms with Crippen LogP contribution < -0.4 is 5.32 Å². The standard InChI is InChI=1S/C21H21F2N5/c1-15(27-12-10-24-11-13-27)14-28-21(17-4-8-19(23)9-5-17)25-20(26-28)16-2-6-18(22)7-3-16/h2-9,24H,1,10-14H2. The van der Waals surface area contributed by atoms with Crippen LogP contribution >= 0.6 is 0 Å². The molecule has 1 aromatic heterocycles. The Morgan fingerprint density at radius 1 is 0.929 bits per heavy atom. The number of nitrogens with zero attached hydrogens (tertiary/aromatic N) is 4. The van der Waals surface area contributed by atoms with E-state index in [9.17, 15) is 8.78 Å². The number of benzene rings is 2. The third kappa shape index (κ3) is 3.94. The fourth-order valence-electron chi connectivity index (χ4n) is 3.24. The van der Waals surface area contributed by atoms with Gasteiger partial charge in [0, 0.05) is 43.0 Å². The normalized spacial score (nSPS) is 14.3. The molecule has 3 aromatic rings. The van der Waals surface area contributed by atoms with Crippen LogP contribution in [-0.4, -0.2) is 45.8 Å². The Hall–Kier alpha value is -3.06. The molecule has 28 heavy (non-hydrogen) atoms. The molecule has 1 aliphatic rings. The van der Waals surface area contributed by atoms with Crippen LogP contribution in [-0.2, 0) is 6.54 Å². The lowest BCUT2D eigenvalue weighted by atomic mass is 10.2. The summed E-state index contributed by atoms with van der Waals surface area (Å²) in [4.78, 5) is 6.87. The number of nitrogens with one attached hydrogen (secondary N) is 1. The molecule has 5 nitrogen and oxygen atoms in total. The van der Waals surface area contributed by atoms with Crippen LogP contribution in [0.15, 0.2) is 60.8 Å². The van der Waals surface area contributed by atoms with Crippen LogP contribution in [0.25, 0.3) is 22.8 Å². The molecule has 0 radical (unpaired) electrons. The van der Waals surface area contributed by atoms with E-state index in [0.29, 0.717) is 18.2 Å². The van der Waals surface area contributed by atoms with Crippen molar-refractivity contribution in [1.29, 1.82) is 0 Å². The molecule has 0 amide bonds. The minimum Gasteiger partial charge on any atom is -0.371 e. The first-order valence-electron chi connectivity index (χ1n) is 9.20. The zero-order valence-electron chi connectivity index (χ0n) is 15.4. The Morgan fingerprint density at radius 3 is 2.11 bits per heavy atom. The molecule has 0 spiro atoms. The van der Waals surface area contributed by atoms with Crippen molar-refractivity contribution in [1.82, 2.24) is 25.0 Å². The molecule has 0 unspecified atom stereocenters. The van der Waals surface area contributed by atoms with E-state index < -0.39 is 0 Å². The number of rotatable bonds is 5. The highest BCUT2D eigenvalue weighted by atomic mass is 19.1. The van der Waals surface area contributed by atoms with E-state index in [-0.39, 0.29) is 11.6 Å². The summed E-state index contributed by atoms with van der Waals surface area (Å²) >= 11 is 0. The van der Waals surface area contributed by atoms with Gasteiger partial charge in [-0.05, 0) is 48.5 Å². The number of hydrogen-bond donors (Lipinski definition) is 1. The first kappa shape index (κ1) is 18.3. The second-order valence-corrected chi connectivity index (χ2v) is 6.73. The van der Waals surface area contributed by atoms with Crippen molar-refractivity contribution in [2.75, 3.05) is 26.2 Å². The van der Waals surface area contributed by atoms with Gasteiger partial charge in [-0.3, -0.25) is 0 Å². The summed E-state index contributed by atoms with van der Waals surface area (Å²) < 4.78 is 28.4. The molecule has 4 rings (SSSR count). The van der Waals surface area contributed by atoms with Crippen molar-refractivity contribution in [3.05, 3.63) is 72.4 Å². The predicted molar refractivity (Wildman–Crippen MR) is 104 cm³/mol. The maximum Gasteiger partial charge on any atom is 0.181 e. The van der Waals surface area contributed by atoms with Crippen LogP contribution in [0.2, 0.25) is 0 Å². The number of halogens is 2. The van der Waals surface area contributed by atoms with Gasteiger partial charge in [0.15, 0.2) is 11.6 Å². The van der Waals surface area contributed by atoms with Crippen molar-refractivity contribution in [3.63, 3.8) is 0 Å². The van der Waals surface area contributed by atoms with Crippen LogP contribution in [0.4, 0.5) is 8.78 Å². The second kappa shape index (κ2) is 7.90. The molecule has 0 saturated carbocycles. The smallest absolute Gasteiger partial charge is 0.181 e. The molecule has 7 heteroatoms. The molecule has 0 bridgehead atoms. The molecule has 1 N–H and O–H groups in total. The van der Waals surface area contributed by atoms with E-state index in [1.807, 2.05) is 0 Å². The first-order valence-corrected chi connectivity index (χ1v) is 9.20. The van der Waals surface area contributed by atoms with Gasteiger partial charge >= 0.3 is 0 Å². The van der Waals surface area contributed by atoms with Crippen molar-refractivity contribution < 1.29 is 8.78 Å². The highest BCUT2D eigenvalue weighted by molar-refractivity contribution is 5.61. The number of allylic oxidation sites excluding steroid dienone is 1. The lowest BCUT2D eigenvalue weighted by molar-refractivity contribution is 0.285. The van der Waals surface area contributed by atoms with Crippen molar-refractivity contribution in [3.8, 4) is 22.8 Å². The molecule has 0 aliphatic carbocycles. The minimum absolute atomic E-state index is 0.307. The van der Waals surface area contributed by atoms with Gasteiger partial charge in [0.25, 0.3) is 0 Å². The van der Waals surface area contributed by atoms with Gasteiger partial charge in [-0.2, -0.15) is 5.10 Å². The van der Waals surface area contributed by atoms with E-state index in [1.54, 1.807) is 28.9 Å². The van der Waals surface area contributed by atoms with E-state index in [1.165, 1.54) is 24.3 Å². The molecule has 1 aliphatic heterocycles. The van der Waals surface area contributed by atoms with Crippen LogP contribution in [0.3, 0.4) is 0 Å². The van der Waals surface area contributed by atoms with Gasteiger partial charge in [-0.1, -0.05) is 6.58 Å². The maximum absolute atomic E-state index is 13.4. The van der Waals surface area contributed by atoms with Gasteiger partial charge < -0.3 is 10.2 Å². The molecular formula is C21H21F2N5. The molecule has 1 saturated heterocycles. The summed E-state index contributed by atoms with van der Waals surface area (Å²) in [6.07, 6.45) is 0. The second-order valence-electron chi connectivity index (χ2n) is 6.73. The monoisotopic (exact) mass is 381 g/mol. The summed E-state index contributed by atoms with van der Waals surface area (Å²) in [6, 6.07) is 12.2. The Labute approximate surface area is 162 Å². The van der Waals surface area contributed by atoms with Gasteiger partial charge in [0.2, 0.25) is 0 Å². The molecule has 144 valence electrons. The van der Waals surface area contributed by atoms with Crippen LogP contribution in [0, 0.1) is 11.6 Å². The Morgan fingerprint density at radius 2 is 1.50 bits per heavy atom. The fourth-order valence-corrected chi connectivity index (χ4v) is 3.24. The quantitative estimate of drug-likeness (QED) is 0.737. The molecule has 2 aromatic carbocycles. The number of aromatic nitrogens is 3. The summed E-state index contributed by atoms with van der Waals surface area (Å²) in [5, 5.41) is 7.95. The number of hydrogen-bond acceptors (Lipinski definition) is 4. The fraction of sp³-hybridized carbons (Fsp3) is 0.238. The molecule has 1 fully saturated rings. The lowest BCUT2D eigenvalue weighted by Crippen LogP contribution is -2.43. The lowest BCUT2D eigenvalue weighted by Gasteiger charge is -2.31. The van der Waals surface area contributed by atoms with Crippen molar-refractivity contribution in [2.24, 2.45) is 0 Å². The topological polar surface area (TPSA) is 46.0 Å². The summed E-state index contributed by atoms with van der Waals surface area (Å²) in [5.41, 5.74) is 2.42. The minimum atomic E-state index is -0.311. The van der Waals surface area contributed by atoms with Crippen LogP contribution in [0.5, 0.6) is 0 Å². The third-order valence-electron chi connectivity index (χ3n) is 4.77. The van der Waals surface area contributed by atoms with E-state index >= 15 is 0 Å². The van der Waals surface area contributed by atoms with Gasteiger partial charge in [0.05, 0.1) is 6.54 Å². The summed E-state index contributed by atoms with van der Waals surface area (Å²) in [7, 11) is 0. The third-order valence-corrected chi connectivity index (χ3v) is 4.77. The molecular weight excluding hydrogens is 360 g/mol. The van der Waals surface area contributed by atoms with Crippen LogP contribution in [0.1, 0.15) is 0 Å². The van der Waals surface area contributed by atoms with Crippen molar-refractivity contribution >= 4 is 0 Å². The van der Waals surface area contributed by atoms with Gasteiger partial charge in [-0.25, -0.2) is 18.4 Å². The number of piperazine rings is 1. The zero-order valence-corrected chi connectivity index (χ0v) is 15.4. The highest BCUT2D eigenvalue weighted by Gasteiger charge is 2.17. The average molecular weight is 381 g/mol. The zero-order chi connectivity index (χ0) is 19.5. The maximum atomic E-state index is 13.4. The van der Waals surface area contributed by atoms with Gasteiger partial charge in [0.1, 0.15) is 11.6 Å². The first-order chi connectivity index (χ1) is 13.6. The highest BCUT2D eigenvalue weighted by Crippen LogP contribution is 2.24. The SMILES string of the molecule is C=C(Cn1nc(-c2ccc(F)cc2)nc1-c1ccc(F)cc1)N1CCNCC1. The summed E-state index contributed by atoms with van der Waals surface area (Å²) in [5.74, 6) is 0.496. The van der Waals surface area contributed by atoms with E-state index in [0.717, 1.165) is 43.0 Å². The van der Waals surface area contributed by atoms with E-state index in [4.69, 9.17) is 0 Å². The van der Waals surface area contributed by atoms with Crippen molar-refractivity contribution in [2.45, 2.75) is 6.54 Å². The average Bonchev–Trinajstić information content (AvgIpc) is 3.13. The predicted octanol–water partition coefficient (Wildman–Crippen LogP) is 3.31. The largest absolute Gasteiger partial charge is 0.371 e. The van der Waals surface area contributed by atoms with Gasteiger partial charge in [-0.15, -0.1) is 0 Å². The van der Waals surface area contributed by atoms with E-state index in [2.05, 4.69) is 26.9 Å². The Balaban J connectivity index is 1.68. The molecule has 2 heterocycles. The Bertz CT molecular complexity index is 957. The Kier molecular flexibility index (Phi) is 5.16. The summed E-state index contributed by atoms with van der Waals surface area (Å²) in [6.45, 7) is 8.31. The molecule has 0 atom stereocenters.